The second kappa shape index (κ2) is 2.67. The van der Waals surface area contributed by atoms with Gasteiger partial charge in [0.15, 0.2) is 0 Å². The van der Waals surface area contributed by atoms with Gasteiger partial charge in [-0.3, -0.25) is 15.7 Å². The van der Waals surface area contributed by atoms with Gasteiger partial charge in [0.1, 0.15) is 0 Å². The minimum atomic E-state index is 0.450. The van der Waals surface area contributed by atoms with Gasteiger partial charge in [-0.2, -0.15) is 0 Å². The normalized spacial score (nSPS) is 52.0. The summed E-state index contributed by atoms with van der Waals surface area (Å²) < 4.78 is 0. The van der Waals surface area contributed by atoms with E-state index in [1.54, 1.807) is 0 Å². The molecule has 3 aliphatic rings. The zero-order valence-corrected chi connectivity index (χ0v) is 7.05. The van der Waals surface area contributed by atoms with Crippen LogP contribution in [0.3, 0.4) is 0 Å². The van der Waals surface area contributed by atoms with Crippen molar-refractivity contribution >= 4 is 0 Å². The lowest BCUT2D eigenvalue weighted by Gasteiger charge is -2.32. The lowest BCUT2D eigenvalue weighted by Crippen LogP contribution is -2.43. The van der Waals surface area contributed by atoms with Crippen LogP contribution >= 0.6 is 0 Å². The molecule has 3 fully saturated rings. The number of hydrazine groups is 1. The first-order valence-electron chi connectivity index (χ1n) is 4.82. The van der Waals surface area contributed by atoms with E-state index in [4.69, 9.17) is 4.84 Å². The third kappa shape index (κ3) is 0.925. The Morgan fingerprint density at radius 2 is 2.17 bits per heavy atom. The van der Waals surface area contributed by atoms with E-state index in [1.807, 2.05) is 0 Å². The Kier molecular flexibility index (Phi) is 1.61. The molecule has 68 valence electrons. The summed E-state index contributed by atoms with van der Waals surface area (Å²) in [6, 6.07) is 0.645. The molecule has 3 N–H and O–H groups in total. The highest BCUT2D eigenvalue weighted by molar-refractivity contribution is 4.97. The van der Waals surface area contributed by atoms with Crippen LogP contribution in [-0.2, 0) is 4.84 Å². The van der Waals surface area contributed by atoms with Crippen molar-refractivity contribution < 1.29 is 4.84 Å². The third-order valence-electron chi connectivity index (χ3n) is 3.44. The van der Waals surface area contributed by atoms with E-state index in [9.17, 15) is 0 Å². The first-order valence-corrected chi connectivity index (χ1v) is 4.82. The van der Waals surface area contributed by atoms with Gasteiger partial charge in [-0.25, -0.2) is 5.48 Å². The maximum atomic E-state index is 5.54. The molecular formula is C8H15N3O. The number of rotatable bonds is 0. The maximum absolute atomic E-state index is 5.54. The Hall–Kier alpha value is -0.160. The average molecular weight is 169 g/mol. The zero-order chi connectivity index (χ0) is 7.97. The van der Waals surface area contributed by atoms with Crippen LogP contribution in [0.5, 0.6) is 0 Å². The van der Waals surface area contributed by atoms with Crippen LogP contribution in [0.15, 0.2) is 0 Å². The molecule has 2 heterocycles. The van der Waals surface area contributed by atoms with Gasteiger partial charge in [-0.15, -0.1) is 0 Å². The summed E-state index contributed by atoms with van der Waals surface area (Å²) in [5.41, 5.74) is 9.55. The molecule has 4 atom stereocenters. The highest BCUT2D eigenvalue weighted by Crippen LogP contribution is 2.35. The second-order valence-electron chi connectivity index (χ2n) is 4.06. The number of hydrogen-bond acceptors (Lipinski definition) is 4. The summed E-state index contributed by atoms with van der Waals surface area (Å²) in [6.07, 6.45) is 3.04. The van der Waals surface area contributed by atoms with E-state index in [1.165, 1.54) is 12.8 Å². The SMILES string of the molecule is C1CC2NNCC2C2ONCC12. The molecular weight excluding hydrogens is 154 g/mol. The number of hydroxylamine groups is 1. The summed E-state index contributed by atoms with van der Waals surface area (Å²) in [5.74, 6) is 1.44. The van der Waals surface area contributed by atoms with E-state index >= 15 is 0 Å². The van der Waals surface area contributed by atoms with E-state index in [2.05, 4.69) is 16.3 Å². The molecule has 0 spiro atoms. The summed E-state index contributed by atoms with van der Waals surface area (Å²) in [4.78, 5) is 5.54. The largest absolute Gasteiger partial charge is 0.298 e. The van der Waals surface area contributed by atoms with Crippen molar-refractivity contribution in [2.45, 2.75) is 25.0 Å². The molecule has 0 bridgehead atoms. The number of hydrogen-bond donors (Lipinski definition) is 3. The Balaban J connectivity index is 1.81. The van der Waals surface area contributed by atoms with Gasteiger partial charge in [0, 0.05) is 31.0 Å². The Labute approximate surface area is 72.0 Å². The first kappa shape index (κ1) is 7.26. The fourth-order valence-corrected chi connectivity index (χ4v) is 2.75. The Bertz CT molecular complexity index is 167. The molecule has 0 aromatic heterocycles. The van der Waals surface area contributed by atoms with Crippen LogP contribution in [-0.4, -0.2) is 25.2 Å². The number of nitrogens with one attached hydrogen (secondary N) is 3. The number of fused-ring (bicyclic) bond motifs is 3. The van der Waals surface area contributed by atoms with Gasteiger partial charge in [0.05, 0.1) is 6.10 Å². The van der Waals surface area contributed by atoms with Crippen LogP contribution in [0, 0.1) is 11.8 Å². The summed E-state index contributed by atoms with van der Waals surface area (Å²) in [5, 5.41) is 0. The minimum absolute atomic E-state index is 0.450. The molecule has 12 heavy (non-hydrogen) atoms. The maximum Gasteiger partial charge on any atom is 0.0887 e. The Morgan fingerprint density at radius 3 is 3.17 bits per heavy atom. The fourth-order valence-electron chi connectivity index (χ4n) is 2.75. The first-order chi connectivity index (χ1) is 5.95. The molecule has 2 saturated heterocycles. The topological polar surface area (TPSA) is 45.3 Å². The van der Waals surface area contributed by atoms with Crippen molar-refractivity contribution in [2.75, 3.05) is 13.1 Å². The molecule has 3 rings (SSSR count). The monoisotopic (exact) mass is 169 g/mol. The lowest BCUT2D eigenvalue weighted by atomic mass is 9.77. The fraction of sp³-hybridized carbons (Fsp3) is 1.00. The van der Waals surface area contributed by atoms with Crippen molar-refractivity contribution in [3.05, 3.63) is 0 Å². The van der Waals surface area contributed by atoms with Gasteiger partial charge >= 0.3 is 0 Å². The highest BCUT2D eigenvalue weighted by atomic mass is 16.7. The molecule has 1 aliphatic carbocycles. The molecule has 4 nitrogen and oxygen atoms in total. The molecule has 0 aromatic carbocycles. The van der Waals surface area contributed by atoms with Gasteiger partial charge in [-0.05, 0) is 12.8 Å². The average Bonchev–Trinajstić information content (AvgIpc) is 2.71. The van der Waals surface area contributed by atoms with E-state index in [0.717, 1.165) is 19.0 Å². The van der Waals surface area contributed by atoms with Crippen molar-refractivity contribution in [3.8, 4) is 0 Å². The molecule has 2 aliphatic heterocycles. The molecule has 4 heteroatoms. The van der Waals surface area contributed by atoms with Crippen LogP contribution in [0.4, 0.5) is 0 Å². The van der Waals surface area contributed by atoms with Crippen LogP contribution in [0.25, 0.3) is 0 Å². The molecule has 4 unspecified atom stereocenters. The van der Waals surface area contributed by atoms with Crippen molar-refractivity contribution in [1.82, 2.24) is 16.3 Å². The molecule has 1 saturated carbocycles. The van der Waals surface area contributed by atoms with Gasteiger partial charge in [0.25, 0.3) is 0 Å². The van der Waals surface area contributed by atoms with Crippen LogP contribution in [0.1, 0.15) is 12.8 Å². The summed E-state index contributed by atoms with van der Waals surface area (Å²) in [7, 11) is 0. The van der Waals surface area contributed by atoms with E-state index < -0.39 is 0 Å². The summed E-state index contributed by atoms with van der Waals surface area (Å²) >= 11 is 0. The predicted molar refractivity (Wildman–Crippen MR) is 44.0 cm³/mol. The quantitative estimate of drug-likeness (QED) is 0.453. The van der Waals surface area contributed by atoms with Gasteiger partial charge < -0.3 is 0 Å². The standard InChI is InChI=1S/C8H15N3O/c1-2-7-6(4-9-11-7)8-5(1)3-10-12-8/h5-11H,1-4H2. The van der Waals surface area contributed by atoms with E-state index in [-0.39, 0.29) is 0 Å². The van der Waals surface area contributed by atoms with Crippen molar-refractivity contribution in [1.29, 1.82) is 0 Å². The molecule has 0 amide bonds. The molecule has 0 radical (unpaired) electrons. The highest BCUT2D eigenvalue weighted by Gasteiger charge is 2.45. The van der Waals surface area contributed by atoms with Gasteiger partial charge in [0.2, 0.25) is 0 Å². The Morgan fingerprint density at radius 1 is 1.17 bits per heavy atom. The summed E-state index contributed by atoms with van der Waals surface area (Å²) in [6.45, 7) is 2.11. The minimum Gasteiger partial charge on any atom is -0.298 e. The van der Waals surface area contributed by atoms with Crippen molar-refractivity contribution in [3.63, 3.8) is 0 Å². The van der Waals surface area contributed by atoms with Crippen LogP contribution in [0.2, 0.25) is 0 Å². The predicted octanol–water partition coefficient (Wildman–Crippen LogP) is -0.608. The zero-order valence-electron chi connectivity index (χ0n) is 7.05. The second-order valence-corrected chi connectivity index (χ2v) is 4.06. The van der Waals surface area contributed by atoms with Crippen molar-refractivity contribution in [2.24, 2.45) is 11.8 Å². The third-order valence-corrected chi connectivity index (χ3v) is 3.44. The molecule has 0 aromatic rings. The van der Waals surface area contributed by atoms with Crippen LogP contribution < -0.4 is 16.3 Å². The smallest absolute Gasteiger partial charge is 0.0887 e. The lowest BCUT2D eigenvalue weighted by molar-refractivity contribution is -0.0260. The van der Waals surface area contributed by atoms with Gasteiger partial charge in [-0.1, -0.05) is 0 Å². The van der Waals surface area contributed by atoms with E-state index in [0.29, 0.717) is 18.1 Å².